The number of hydrogen-bond acceptors (Lipinski definition) is 5. The zero-order valence-corrected chi connectivity index (χ0v) is 10.3. The molecule has 2 N–H and O–H groups in total. The summed E-state index contributed by atoms with van der Waals surface area (Å²) in [6.07, 6.45) is 3.07. The van der Waals surface area contributed by atoms with Gasteiger partial charge in [0, 0.05) is 18.9 Å². The number of hydrogen-bond donors (Lipinski definition) is 1. The van der Waals surface area contributed by atoms with E-state index in [-0.39, 0.29) is 17.1 Å². The van der Waals surface area contributed by atoms with E-state index in [0.29, 0.717) is 17.9 Å². The number of nitrogens with zero attached hydrogens (tertiary/aromatic N) is 3. The second-order valence-corrected chi connectivity index (χ2v) is 3.79. The first-order valence-electron chi connectivity index (χ1n) is 5.68. The van der Waals surface area contributed by atoms with Crippen LogP contribution in [-0.4, -0.2) is 9.55 Å². The number of nitrogens with two attached hydrogens (primary N) is 1. The van der Waals surface area contributed by atoms with Crippen molar-refractivity contribution in [3.63, 3.8) is 0 Å². The maximum absolute atomic E-state index is 11.9. The van der Waals surface area contributed by atoms with Crippen LogP contribution < -0.4 is 16.0 Å². The SMILES string of the molecule is CCn1ccnc(Oc2ccc(C#N)cc2N)c1=O. The van der Waals surface area contributed by atoms with E-state index in [1.54, 1.807) is 12.3 Å². The minimum absolute atomic E-state index is 0.0410. The van der Waals surface area contributed by atoms with Crippen LogP contribution in [0.2, 0.25) is 0 Å². The Balaban J connectivity index is 2.37. The number of nitrogen functional groups attached to an aromatic ring is 1. The van der Waals surface area contributed by atoms with Crippen molar-refractivity contribution in [3.05, 3.63) is 46.5 Å². The highest BCUT2D eigenvalue weighted by Crippen LogP contribution is 2.25. The molecule has 19 heavy (non-hydrogen) atoms. The van der Waals surface area contributed by atoms with Crippen LogP contribution in [0.1, 0.15) is 12.5 Å². The highest BCUT2D eigenvalue weighted by atomic mass is 16.5. The molecule has 0 unspecified atom stereocenters. The van der Waals surface area contributed by atoms with Gasteiger partial charge in [-0.05, 0) is 25.1 Å². The van der Waals surface area contributed by atoms with Gasteiger partial charge >= 0.3 is 5.56 Å². The first-order chi connectivity index (χ1) is 9.15. The zero-order valence-electron chi connectivity index (χ0n) is 10.3. The van der Waals surface area contributed by atoms with Crippen LogP contribution in [-0.2, 0) is 6.54 Å². The van der Waals surface area contributed by atoms with Gasteiger partial charge in [-0.15, -0.1) is 0 Å². The summed E-state index contributed by atoms with van der Waals surface area (Å²) in [5.41, 5.74) is 6.14. The van der Waals surface area contributed by atoms with Crippen molar-refractivity contribution in [3.8, 4) is 17.7 Å². The number of nitriles is 1. The van der Waals surface area contributed by atoms with Gasteiger partial charge in [0.05, 0.1) is 17.3 Å². The van der Waals surface area contributed by atoms with E-state index in [1.807, 2.05) is 13.0 Å². The van der Waals surface area contributed by atoms with Crippen LogP contribution in [0.4, 0.5) is 5.69 Å². The van der Waals surface area contributed by atoms with Crippen molar-refractivity contribution in [1.82, 2.24) is 9.55 Å². The number of aryl methyl sites for hydroxylation is 1. The van der Waals surface area contributed by atoms with Crippen LogP contribution in [0.25, 0.3) is 0 Å². The number of anilines is 1. The zero-order chi connectivity index (χ0) is 13.8. The Morgan fingerprint density at radius 2 is 2.32 bits per heavy atom. The van der Waals surface area contributed by atoms with Crippen molar-refractivity contribution in [2.75, 3.05) is 5.73 Å². The highest BCUT2D eigenvalue weighted by molar-refractivity contribution is 5.57. The first kappa shape index (κ1) is 12.6. The van der Waals surface area contributed by atoms with Crippen LogP contribution in [0, 0.1) is 11.3 Å². The quantitative estimate of drug-likeness (QED) is 0.840. The number of benzene rings is 1. The Morgan fingerprint density at radius 3 is 2.95 bits per heavy atom. The summed E-state index contributed by atoms with van der Waals surface area (Å²) in [5, 5.41) is 8.74. The van der Waals surface area contributed by atoms with Crippen LogP contribution in [0.15, 0.2) is 35.4 Å². The second kappa shape index (κ2) is 5.23. The van der Waals surface area contributed by atoms with Gasteiger partial charge < -0.3 is 15.0 Å². The molecule has 0 bridgehead atoms. The third-order valence-electron chi connectivity index (χ3n) is 2.57. The summed E-state index contributed by atoms with van der Waals surface area (Å²) in [5.74, 6) is 0.262. The lowest BCUT2D eigenvalue weighted by atomic mass is 10.2. The largest absolute Gasteiger partial charge is 0.432 e. The lowest BCUT2D eigenvalue weighted by Crippen LogP contribution is -2.20. The van der Waals surface area contributed by atoms with Crippen molar-refractivity contribution in [1.29, 1.82) is 5.26 Å². The summed E-state index contributed by atoms with van der Waals surface area (Å²) in [7, 11) is 0. The van der Waals surface area contributed by atoms with E-state index in [4.69, 9.17) is 15.7 Å². The highest BCUT2D eigenvalue weighted by Gasteiger charge is 2.09. The minimum atomic E-state index is -0.325. The smallest absolute Gasteiger partial charge is 0.313 e. The molecule has 2 aromatic rings. The van der Waals surface area contributed by atoms with Crippen molar-refractivity contribution < 1.29 is 4.74 Å². The van der Waals surface area contributed by atoms with Gasteiger partial charge in [-0.1, -0.05) is 0 Å². The molecule has 96 valence electrons. The molecule has 6 heteroatoms. The van der Waals surface area contributed by atoms with Crippen molar-refractivity contribution in [2.24, 2.45) is 0 Å². The fourth-order valence-corrected chi connectivity index (χ4v) is 1.56. The van der Waals surface area contributed by atoms with Gasteiger partial charge in [0.25, 0.3) is 5.88 Å². The Kier molecular flexibility index (Phi) is 3.48. The average molecular weight is 256 g/mol. The molecule has 0 amide bonds. The molecule has 0 aliphatic carbocycles. The molecular formula is C13H12N4O2. The predicted octanol–water partition coefficient (Wildman–Crippen LogP) is 1.51. The Labute approximate surface area is 109 Å². The number of aromatic nitrogens is 2. The van der Waals surface area contributed by atoms with Crippen LogP contribution in [0.5, 0.6) is 11.6 Å². The van der Waals surface area contributed by atoms with Crippen LogP contribution >= 0.6 is 0 Å². The second-order valence-electron chi connectivity index (χ2n) is 3.79. The molecule has 0 aliphatic heterocycles. The summed E-state index contributed by atoms with van der Waals surface area (Å²) >= 11 is 0. The Hall–Kier alpha value is -2.81. The molecule has 1 heterocycles. The predicted molar refractivity (Wildman–Crippen MR) is 69.8 cm³/mol. The number of rotatable bonds is 3. The van der Waals surface area contributed by atoms with Crippen molar-refractivity contribution in [2.45, 2.75) is 13.5 Å². The Bertz CT molecular complexity index is 701. The normalized spacial score (nSPS) is 9.89. The fraction of sp³-hybridized carbons (Fsp3) is 0.154. The molecule has 0 atom stereocenters. The maximum atomic E-state index is 11.9. The van der Waals surface area contributed by atoms with Gasteiger partial charge in [-0.2, -0.15) is 5.26 Å². The summed E-state index contributed by atoms with van der Waals surface area (Å²) in [6, 6.07) is 6.56. The van der Waals surface area contributed by atoms with E-state index < -0.39 is 0 Å². The third-order valence-corrected chi connectivity index (χ3v) is 2.57. The molecule has 1 aromatic carbocycles. The van der Waals surface area contributed by atoms with E-state index in [9.17, 15) is 4.79 Å². The van der Waals surface area contributed by atoms with Gasteiger partial charge in [0.2, 0.25) is 0 Å². The Morgan fingerprint density at radius 1 is 1.53 bits per heavy atom. The molecule has 0 radical (unpaired) electrons. The third kappa shape index (κ3) is 2.55. The molecule has 0 fully saturated rings. The molecule has 6 nitrogen and oxygen atoms in total. The molecule has 0 saturated heterocycles. The van der Waals surface area contributed by atoms with E-state index in [1.165, 1.54) is 22.9 Å². The summed E-state index contributed by atoms with van der Waals surface area (Å²) in [4.78, 5) is 15.8. The van der Waals surface area contributed by atoms with Gasteiger partial charge in [-0.25, -0.2) is 4.98 Å². The van der Waals surface area contributed by atoms with Crippen molar-refractivity contribution >= 4 is 5.69 Å². The summed E-state index contributed by atoms with van der Waals surface area (Å²) in [6.45, 7) is 2.38. The molecule has 1 aromatic heterocycles. The summed E-state index contributed by atoms with van der Waals surface area (Å²) < 4.78 is 6.88. The van der Waals surface area contributed by atoms with E-state index in [2.05, 4.69) is 4.98 Å². The molecular weight excluding hydrogens is 244 g/mol. The fourth-order valence-electron chi connectivity index (χ4n) is 1.56. The van der Waals surface area contributed by atoms with Crippen LogP contribution in [0.3, 0.4) is 0 Å². The van der Waals surface area contributed by atoms with E-state index in [0.717, 1.165) is 0 Å². The number of ether oxygens (including phenoxy) is 1. The first-order valence-corrected chi connectivity index (χ1v) is 5.68. The minimum Gasteiger partial charge on any atom is -0.432 e. The van der Waals surface area contributed by atoms with Gasteiger partial charge in [0.15, 0.2) is 5.75 Å². The van der Waals surface area contributed by atoms with Gasteiger partial charge in [0.1, 0.15) is 0 Å². The average Bonchev–Trinajstić information content (AvgIpc) is 2.43. The molecule has 0 spiro atoms. The topological polar surface area (TPSA) is 93.9 Å². The molecule has 0 saturated carbocycles. The van der Waals surface area contributed by atoms with E-state index >= 15 is 0 Å². The monoisotopic (exact) mass is 256 g/mol. The molecule has 2 rings (SSSR count). The standard InChI is InChI=1S/C13H12N4O2/c1-2-17-6-5-16-12(13(17)18)19-11-4-3-9(8-14)7-10(11)15/h3-7H,2,15H2,1H3. The maximum Gasteiger partial charge on any atom is 0.313 e. The lowest BCUT2D eigenvalue weighted by Gasteiger charge is -2.08. The lowest BCUT2D eigenvalue weighted by molar-refractivity contribution is 0.447. The van der Waals surface area contributed by atoms with Gasteiger partial charge in [-0.3, -0.25) is 4.79 Å². The molecule has 0 aliphatic rings.